The third kappa shape index (κ3) is 5.48. The van der Waals surface area contributed by atoms with Gasteiger partial charge in [-0.05, 0) is 87.4 Å². The molecule has 1 fully saturated rings. The van der Waals surface area contributed by atoms with Crippen LogP contribution in [0.15, 0.2) is 78.9 Å². The lowest BCUT2D eigenvalue weighted by atomic mass is 10.1. The minimum absolute atomic E-state index is 0.146. The minimum atomic E-state index is -0.146. The van der Waals surface area contributed by atoms with Gasteiger partial charge in [0.2, 0.25) is 0 Å². The van der Waals surface area contributed by atoms with Crippen LogP contribution < -0.4 is 15.0 Å². The maximum atomic E-state index is 12.7. The number of anilines is 3. The van der Waals surface area contributed by atoms with Gasteiger partial charge in [-0.25, -0.2) is 0 Å². The molecule has 1 N–H and O–H groups in total. The Morgan fingerprint density at radius 2 is 1.69 bits per heavy atom. The van der Waals surface area contributed by atoms with E-state index in [9.17, 15) is 4.79 Å². The zero-order chi connectivity index (χ0) is 22.3. The highest BCUT2D eigenvalue weighted by molar-refractivity contribution is 6.04. The van der Waals surface area contributed by atoms with Crippen LogP contribution in [0.1, 0.15) is 37.0 Å². The van der Waals surface area contributed by atoms with Gasteiger partial charge in [0.05, 0.1) is 6.10 Å². The van der Waals surface area contributed by atoms with Crippen LogP contribution in [-0.4, -0.2) is 31.3 Å². The summed E-state index contributed by atoms with van der Waals surface area (Å²) in [5.41, 5.74) is 3.57. The molecule has 32 heavy (non-hydrogen) atoms. The Labute approximate surface area is 190 Å². The van der Waals surface area contributed by atoms with Crippen molar-refractivity contribution in [2.75, 3.05) is 23.4 Å². The van der Waals surface area contributed by atoms with Gasteiger partial charge < -0.3 is 19.7 Å². The maximum absolute atomic E-state index is 12.7. The molecule has 0 aromatic heterocycles. The first-order chi connectivity index (χ1) is 15.6. The molecule has 3 aromatic carbocycles. The molecule has 0 bridgehead atoms. The fraction of sp³-hybridized carbons (Fsp3) is 0.296. The lowest BCUT2D eigenvalue weighted by molar-refractivity contribution is 0.0679. The van der Waals surface area contributed by atoms with Crippen molar-refractivity contribution in [1.29, 1.82) is 0 Å². The molecule has 1 atom stereocenters. The van der Waals surface area contributed by atoms with Gasteiger partial charge in [-0.1, -0.05) is 18.2 Å². The summed E-state index contributed by atoms with van der Waals surface area (Å²) in [5.74, 6) is 0.600. The van der Waals surface area contributed by atoms with Crippen molar-refractivity contribution in [2.45, 2.75) is 38.8 Å². The molecule has 0 spiro atoms. The van der Waals surface area contributed by atoms with Crippen LogP contribution >= 0.6 is 0 Å². The van der Waals surface area contributed by atoms with Gasteiger partial charge in [0.25, 0.3) is 5.91 Å². The molecular formula is C27H30N2O3. The van der Waals surface area contributed by atoms with E-state index in [0.717, 1.165) is 42.3 Å². The highest BCUT2D eigenvalue weighted by Gasteiger charge is 2.16. The van der Waals surface area contributed by atoms with Gasteiger partial charge in [0.15, 0.2) is 0 Å². The average molecular weight is 431 g/mol. The van der Waals surface area contributed by atoms with Crippen molar-refractivity contribution in [2.24, 2.45) is 0 Å². The Bertz CT molecular complexity index is 995. The number of benzene rings is 3. The van der Waals surface area contributed by atoms with Crippen LogP contribution in [0.25, 0.3) is 0 Å². The van der Waals surface area contributed by atoms with Crippen molar-refractivity contribution in [1.82, 2.24) is 0 Å². The van der Waals surface area contributed by atoms with Crippen LogP contribution in [0.3, 0.4) is 0 Å². The Morgan fingerprint density at radius 1 is 1.00 bits per heavy atom. The Hall–Kier alpha value is -3.31. The van der Waals surface area contributed by atoms with E-state index in [1.807, 2.05) is 54.6 Å². The standard InChI is InChI=1S/C27H30N2O3/c1-20(2)29(23-7-4-3-5-8-23)24-14-12-22(13-15-24)28-27(30)21-10-16-25(17-11-21)32-19-26-9-6-18-31-26/h3-5,7-8,10-17,20,26H,6,9,18-19H2,1-2H3,(H,28,30). The van der Waals surface area contributed by atoms with Crippen molar-refractivity contribution in [3.05, 3.63) is 84.4 Å². The summed E-state index contributed by atoms with van der Waals surface area (Å²) in [6.45, 7) is 5.69. The zero-order valence-corrected chi connectivity index (χ0v) is 18.7. The molecule has 4 rings (SSSR count). The molecule has 0 aliphatic carbocycles. The number of nitrogens with one attached hydrogen (secondary N) is 1. The molecule has 0 saturated carbocycles. The van der Waals surface area contributed by atoms with Crippen LogP contribution in [-0.2, 0) is 4.74 Å². The number of ether oxygens (including phenoxy) is 2. The largest absolute Gasteiger partial charge is 0.491 e. The molecular weight excluding hydrogens is 400 g/mol. The number of rotatable bonds is 8. The van der Waals surface area contributed by atoms with Crippen LogP contribution in [0, 0.1) is 0 Å². The summed E-state index contributed by atoms with van der Waals surface area (Å²) in [6, 6.07) is 25.8. The smallest absolute Gasteiger partial charge is 0.255 e. The van der Waals surface area contributed by atoms with E-state index in [0.29, 0.717) is 18.2 Å². The van der Waals surface area contributed by atoms with Crippen molar-refractivity contribution >= 4 is 23.0 Å². The third-order valence-electron chi connectivity index (χ3n) is 5.53. The number of nitrogens with zero attached hydrogens (tertiary/aromatic N) is 1. The zero-order valence-electron chi connectivity index (χ0n) is 18.7. The molecule has 3 aromatic rings. The van der Waals surface area contributed by atoms with Gasteiger partial charge in [0, 0.05) is 35.3 Å². The molecule has 5 nitrogen and oxygen atoms in total. The van der Waals surface area contributed by atoms with Crippen molar-refractivity contribution in [3.8, 4) is 5.75 Å². The van der Waals surface area contributed by atoms with Gasteiger partial charge >= 0.3 is 0 Å². The number of hydrogen-bond acceptors (Lipinski definition) is 4. The quantitative estimate of drug-likeness (QED) is 0.473. The van der Waals surface area contributed by atoms with E-state index in [-0.39, 0.29) is 12.0 Å². The first-order valence-corrected chi connectivity index (χ1v) is 11.2. The number of carbonyl (C=O) groups is 1. The summed E-state index contributed by atoms with van der Waals surface area (Å²) in [6.07, 6.45) is 2.31. The van der Waals surface area contributed by atoms with Crippen molar-refractivity contribution in [3.63, 3.8) is 0 Å². The lowest BCUT2D eigenvalue weighted by Crippen LogP contribution is -2.25. The van der Waals surface area contributed by atoms with E-state index in [1.165, 1.54) is 0 Å². The van der Waals surface area contributed by atoms with E-state index >= 15 is 0 Å². The van der Waals surface area contributed by atoms with Crippen LogP contribution in [0.5, 0.6) is 5.75 Å². The average Bonchev–Trinajstić information content (AvgIpc) is 3.34. The fourth-order valence-electron chi connectivity index (χ4n) is 3.91. The van der Waals surface area contributed by atoms with E-state index in [4.69, 9.17) is 9.47 Å². The van der Waals surface area contributed by atoms with E-state index < -0.39 is 0 Å². The lowest BCUT2D eigenvalue weighted by Gasteiger charge is -2.29. The van der Waals surface area contributed by atoms with Gasteiger partial charge in [0.1, 0.15) is 12.4 Å². The summed E-state index contributed by atoms with van der Waals surface area (Å²) in [4.78, 5) is 14.9. The first-order valence-electron chi connectivity index (χ1n) is 11.2. The molecule has 1 heterocycles. The summed E-state index contributed by atoms with van der Waals surface area (Å²) in [5, 5.41) is 2.97. The molecule has 5 heteroatoms. The first kappa shape index (κ1) is 21.9. The Morgan fingerprint density at radius 3 is 2.31 bits per heavy atom. The highest BCUT2D eigenvalue weighted by Crippen LogP contribution is 2.29. The van der Waals surface area contributed by atoms with Crippen molar-refractivity contribution < 1.29 is 14.3 Å². The van der Waals surface area contributed by atoms with Crippen LogP contribution in [0.4, 0.5) is 17.1 Å². The Kier molecular flexibility index (Phi) is 7.07. The van der Waals surface area contributed by atoms with Gasteiger partial charge in [-0.15, -0.1) is 0 Å². The minimum Gasteiger partial charge on any atom is -0.491 e. The van der Waals surface area contributed by atoms with Gasteiger partial charge in [-0.2, -0.15) is 0 Å². The van der Waals surface area contributed by atoms with E-state index in [2.05, 4.69) is 36.2 Å². The number of carbonyl (C=O) groups excluding carboxylic acids is 1. The Balaban J connectivity index is 1.37. The third-order valence-corrected chi connectivity index (χ3v) is 5.53. The van der Waals surface area contributed by atoms with Crippen LogP contribution in [0.2, 0.25) is 0 Å². The van der Waals surface area contributed by atoms with E-state index in [1.54, 1.807) is 12.1 Å². The SMILES string of the molecule is CC(C)N(c1ccccc1)c1ccc(NC(=O)c2ccc(OCC3CCCO3)cc2)cc1. The second-order valence-corrected chi connectivity index (χ2v) is 8.27. The number of amides is 1. The molecule has 1 amide bonds. The summed E-state index contributed by atoms with van der Waals surface area (Å²) < 4.78 is 11.3. The predicted octanol–water partition coefficient (Wildman–Crippen LogP) is 6.04. The molecule has 1 saturated heterocycles. The second-order valence-electron chi connectivity index (χ2n) is 8.27. The molecule has 166 valence electrons. The molecule has 1 aliphatic heterocycles. The number of hydrogen-bond donors (Lipinski definition) is 1. The second kappa shape index (κ2) is 10.3. The molecule has 1 unspecified atom stereocenters. The summed E-state index contributed by atoms with van der Waals surface area (Å²) in [7, 11) is 0. The predicted molar refractivity (Wildman–Crippen MR) is 129 cm³/mol. The molecule has 0 radical (unpaired) electrons. The molecule has 1 aliphatic rings. The topological polar surface area (TPSA) is 50.8 Å². The highest BCUT2D eigenvalue weighted by atomic mass is 16.5. The fourth-order valence-corrected chi connectivity index (χ4v) is 3.91. The maximum Gasteiger partial charge on any atom is 0.255 e. The number of para-hydroxylation sites is 1. The summed E-state index contributed by atoms with van der Waals surface area (Å²) >= 11 is 0. The normalized spacial score (nSPS) is 15.5. The monoisotopic (exact) mass is 430 g/mol. The van der Waals surface area contributed by atoms with Gasteiger partial charge in [-0.3, -0.25) is 4.79 Å².